The molecule has 2 amide bonds. The molecule has 0 bridgehead atoms. The Kier molecular flexibility index (Phi) is 6.26. The second-order valence-electron chi connectivity index (χ2n) is 6.33. The number of urea groups is 1. The lowest BCUT2D eigenvalue weighted by atomic mass is 9.84. The number of hydrogen-bond donors (Lipinski definition) is 2. The molecule has 116 valence electrons. The van der Waals surface area contributed by atoms with Crippen molar-refractivity contribution in [2.45, 2.75) is 33.1 Å². The van der Waals surface area contributed by atoms with Crippen molar-refractivity contribution in [2.24, 2.45) is 5.41 Å². The number of likely N-dealkylation sites (N-methyl/N-ethyl adjacent to an activating group) is 1. The van der Waals surface area contributed by atoms with Gasteiger partial charge in [-0.3, -0.25) is 4.79 Å². The summed E-state index contributed by atoms with van der Waals surface area (Å²) in [6.07, 6.45) is 1.60. The number of aliphatic carboxylic acids is 1. The van der Waals surface area contributed by atoms with Gasteiger partial charge in [-0.1, -0.05) is 13.8 Å². The lowest BCUT2D eigenvalue weighted by molar-refractivity contribution is -0.137. The molecule has 0 aromatic rings. The summed E-state index contributed by atoms with van der Waals surface area (Å²) in [6, 6.07) is -0.00728. The van der Waals surface area contributed by atoms with Crippen LogP contribution in [0, 0.1) is 5.41 Å². The first-order valence-corrected chi connectivity index (χ1v) is 7.23. The molecule has 0 atom stereocenters. The van der Waals surface area contributed by atoms with Crippen molar-refractivity contribution in [1.82, 2.24) is 15.1 Å². The maximum absolute atomic E-state index is 12.0. The number of hydrogen-bond acceptors (Lipinski definition) is 3. The summed E-state index contributed by atoms with van der Waals surface area (Å²) in [5.74, 6) is -0.764. The fraction of sp³-hybridized carbons (Fsp3) is 0.857. The summed E-state index contributed by atoms with van der Waals surface area (Å²) in [6.45, 7) is 8.04. The minimum Gasteiger partial charge on any atom is -0.481 e. The molecule has 0 aromatic carbocycles. The molecule has 20 heavy (non-hydrogen) atoms. The predicted molar refractivity (Wildman–Crippen MR) is 77.7 cm³/mol. The summed E-state index contributed by atoms with van der Waals surface area (Å²) in [4.78, 5) is 26.6. The van der Waals surface area contributed by atoms with Crippen LogP contribution < -0.4 is 5.32 Å². The van der Waals surface area contributed by atoms with Gasteiger partial charge in [0.2, 0.25) is 0 Å². The van der Waals surface area contributed by atoms with E-state index in [1.165, 1.54) is 0 Å². The van der Waals surface area contributed by atoms with Crippen LogP contribution in [0.1, 0.15) is 33.1 Å². The van der Waals surface area contributed by atoms with Gasteiger partial charge in [0, 0.05) is 39.1 Å². The molecule has 0 aliphatic carbocycles. The highest BCUT2D eigenvalue weighted by atomic mass is 16.4. The van der Waals surface area contributed by atoms with Crippen LogP contribution in [0.5, 0.6) is 0 Å². The summed E-state index contributed by atoms with van der Waals surface area (Å²) in [7, 11) is 2.06. The monoisotopic (exact) mass is 285 g/mol. The van der Waals surface area contributed by atoms with Crippen molar-refractivity contribution < 1.29 is 14.7 Å². The third-order valence-corrected chi connectivity index (χ3v) is 3.88. The number of carboxylic acid groups (broad SMARTS) is 1. The van der Waals surface area contributed by atoms with E-state index in [4.69, 9.17) is 5.11 Å². The average Bonchev–Trinajstić information content (AvgIpc) is 2.37. The van der Waals surface area contributed by atoms with Gasteiger partial charge in [0.25, 0.3) is 0 Å². The van der Waals surface area contributed by atoms with Gasteiger partial charge in [0.15, 0.2) is 0 Å². The molecule has 0 unspecified atom stereocenters. The van der Waals surface area contributed by atoms with E-state index in [0.29, 0.717) is 13.0 Å². The van der Waals surface area contributed by atoms with E-state index >= 15 is 0 Å². The smallest absolute Gasteiger partial charge is 0.317 e. The largest absolute Gasteiger partial charge is 0.481 e. The Morgan fingerprint density at radius 3 is 2.30 bits per heavy atom. The van der Waals surface area contributed by atoms with Crippen molar-refractivity contribution in [2.75, 3.05) is 39.8 Å². The minimum atomic E-state index is -0.764. The molecule has 1 rings (SSSR count). The Morgan fingerprint density at radius 2 is 1.75 bits per heavy atom. The van der Waals surface area contributed by atoms with Crippen LogP contribution in [0.15, 0.2) is 0 Å². The van der Waals surface area contributed by atoms with Crippen molar-refractivity contribution >= 4 is 12.0 Å². The molecule has 6 nitrogen and oxygen atoms in total. The molecule has 0 spiro atoms. The molecule has 0 radical (unpaired) electrons. The highest BCUT2D eigenvalue weighted by Crippen LogP contribution is 2.25. The van der Waals surface area contributed by atoms with Crippen molar-refractivity contribution in [3.8, 4) is 0 Å². The number of amides is 2. The van der Waals surface area contributed by atoms with Crippen LogP contribution >= 0.6 is 0 Å². The van der Waals surface area contributed by atoms with Crippen LogP contribution in [0.4, 0.5) is 4.79 Å². The maximum Gasteiger partial charge on any atom is 0.317 e. The van der Waals surface area contributed by atoms with Gasteiger partial charge in [-0.2, -0.15) is 0 Å². The highest BCUT2D eigenvalue weighted by Gasteiger charge is 2.21. The standard InChI is InChI=1S/C14H27N3O3/c1-14(2,5-4-12(18)19)6-7-15-13(20)17-10-8-16(3)9-11-17/h4-11H2,1-3H3,(H,15,20)(H,18,19). The molecule has 0 aromatic heterocycles. The van der Waals surface area contributed by atoms with Gasteiger partial charge < -0.3 is 20.2 Å². The van der Waals surface area contributed by atoms with Crippen LogP contribution in [-0.2, 0) is 4.79 Å². The molecule has 2 N–H and O–H groups in total. The molecule has 1 fully saturated rings. The second-order valence-corrected chi connectivity index (χ2v) is 6.33. The number of piperazine rings is 1. The molecular formula is C14H27N3O3. The third kappa shape index (κ3) is 6.23. The average molecular weight is 285 g/mol. The zero-order valence-electron chi connectivity index (χ0n) is 12.8. The van der Waals surface area contributed by atoms with Crippen LogP contribution in [0.3, 0.4) is 0 Å². The van der Waals surface area contributed by atoms with Crippen LogP contribution in [0.2, 0.25) is 0 Å². The van der Waals surface area contributed by atoms with Gasteiger partial charge in [-0.05, 0) is 25.3 Å². The summed E-state index contributed by atoms with van der Waals surface area (Å²) in [5, 5.41) is 11.6. The first-order valence-electron chi connectivity index (χ1n) is 7.23. The van der Waals surface area contributed by atoms with Gasteiger partial charge in [-0.15, -0.1) is 0 Å². The van der Waals surface area contributed by atoms with E-state index in [1.54, 1.807) is 0 Å². The summed E-state index contributed by atoms with van der Waals surface area (Å²) in [5.41, 5.74) is -0.0617. The Morgan fingerprint density at radius 1 is 1.15 bits per heavy atom. The zero-order chi connectivity index (χ0) is 15.2. The Bertz CT molecular complexity index is 337. The molecule has 0 saturated carbocycles. The fourth-order valence-corrected chi connectivity index (χ4v) is 2.20. The van der Waals surface area contributed by atoms with Crippen LogP contribution in [-0.4, -0.2) is 66.7 Å². The summed E-state index contributed by atoms with van der Waals surface area (Å²) < 4.78 is 0. The Balaban J connectivity index is 2.22. The number of rotatable bonds is 6. The number of carbonyl (C=O) groups excluding carboxylic acids is 1. The summed E-state index contributed by atoms with van der Waals surface area (Å²) >= 11 is 0. The van der Waals surface area contributed by atoms with Crippen molar-refractivity contribution in [3.63, 3.8) is 0 Å². The number of carbonyl (C=O) groups is 2. The minimum absolute atomic E-state index is 0.00728. The maximum atomic E-state index is 12.0. The van der Waals surface area contributed by atoms with E-state index in [9.17, 15) is 9.59 Å². The second kappa shape index (κ2) is 7.47. The van der Waals surface area contributed by atoms with E-state index < -0.39 is 5.97 Å². The van der Waals surface area contributed by atoms with Crippen molar-refractivity contribution in [1.29, 1.82) is 0 Å². The van der Waals surface area contributed by atoms with Gasteiger partial charge in [-0.25, -0.2) is 4.79 Å². The zero-order valence-corrected chi connectivity index (χ0v) is 12.8. The van der Waals surface area contributed by atoms with Crippen LogP contribution in [0.25, 0.3) is 0 Å². The first-order chi connectivity index (χ1) is 9.30. The number of nitrogens with one attached hydrogen (secondary N) is 1. The SMILES string of the molecule is CN1CCN(C(=O)NCCC(C)(C)CCC(=O)O)CC1. The third-order valence-electron chi connectivity index (χ3n) is 3.88. The molecule has 1 saturated heterocycles. The number of nitrogens with zero attached hydrogens (tertiary/aromatic N) is 2. The normalized spacial score (nSPS) is 17.1. The fourth-order valence-electron chi connectivity index (χ4n) is 2.20. The molecule has 1 aliphatic heterocycles. The molecule has 6 heteroatoms. The van der Waals surface area contributed by atoms with Crippen molar-refractivity contribution in [3.05, 3.63) is 0 Å². The van der Waals surface area contributed by atoms with Gasteiger partial charge >= 0.3 is 12.0 Å². The van der Waals surface area contributed by atoms with E-state index in [-0.39, 0.29) is 17.9 Å². The lowest BCUT2D eigenvalue weighted by Crippen LogP contribution is -2.51. The van der Waals surface area contributed by atoms with E-state index in [0.717, 1.165) is 32.6 Å². The molecule has 1 heterocycles. The predicted octanol–water partition coefficient (Wildman–Crippen LogP) is 1.22. The molecule has 1 aliphatic rings. The van der Waals surface area contributed by atoms with E-state index in [1.807, 2.05) is 18.7 Å². The quantitative estimate of drug-likeness (QED) is 0.770. The first kappa shape index (κ1) is 16.8. The van der Waals surface area contributed by atoms with Gasteiger partial charge in [0.1, 0.15) is 0 Å². The molecular weight excluding hydrogens is 258 g/mol. The Hall–Kier alpha value is -1.30. The number of carboxylic acids is 1. The Labute approximate surface area is 121 Å². The lowest BCUT2D eigenvalue weighted by Gasteiger charge is -2.32. The highest BCUT2D eigenvalue weighted by molar-refractivity contribution is 5.74. The topological polar surface area (TPSA) is 72.9 Å². The van der Waals surface area contributed by atoms with Gasteiger partial charge in [0.05, 0.1) is 0 Å². The van der Waals surface area contributed by atoms with E-state index in [2.05, 4.69) is 17.3 Å².